The Hall–Kier alpha value is -0.570. The van der Waals surface area contributed by atoms with Gasteiger partial charge in [-0.05, 0) is 44.6 Å². The van der Waals surface area contributed by atoms with E-state index in [9.17, 15) is 9.90 Å². The molecule has 0 spiro atoms. The van der Waals surface area contributed by atoms with E-state index in [-0.39, 0.29) is 0 Å². The van der Waals surface area contributed by atoms with Crippen LogP contribution in [0.2, 0.25) is 0 Å². The second-order valence-corrected chi connectivity index (χ2v) is 5.39. The van der Waals surface area contributed by atoms with Gasteiger partial charge in [-0.2, -0.15) is 0 Å². The van der Waals surface area contributed by atoms with Crippen molar-refractivity contribution in [2.75, 3.05) is 13.1 Å². The van der Waals surface area contributed by atoms with Gasteiger partial charge in [-0.25, -0.2) is 0 Å². The summed E-state index contributed by atoms with van der Waals surface area (Å²) in [6.07, 6.45) is 7.91. The van der Waals surface area contributed by atoms with Crippen molar-refractivity contribution in [3.8, 4) is 0 Å². The number of likely N-dealkylation sites (tertiary alicyclic amines) is 1. The first-order valence-electron chi connectivity index (χ1n) is 6.67. The average molecular weight is 225 g/mol. The predicted molar refractivity (Wildman–Crippen MR) is 63.4 cm³/mol. The molecule has 0 radical (unpaired) electrons. The molecule has 2 rings (SSSR count). The second-order valence-electron chi connectivity index (χ2n) is 5.39. The molecule has 1 N–H and O–H groups in total. The van der Waals surface area contributed by atoms with Crippen LogP contribution >= 0.6 is 0 Å². The lowest BCUT2D eigenvalue weighted by Gasteiger charge is -2.35. The quantitative estimate of drug-likeness (QED) is 0.799. The fourth-order valence-corrected chi connectivity index (χ4v) is 3.50. The van der Waals surface area contributed by atoms with E-state index in [4.69, 9.17) is 0 Å². The number of hydrogen-bond acceptors (Lipinski definition) is 2. The van der Waals surface area contributed by atoms with Crippen LogP contribution in [0.15, 0.2) is 0 Å². The van der Waals surface area contributed by atoms with Crippen LogP contribution in [0.25, 0.3) is 0 Å². The average Bonchev–Trinajstić information content (AvgIpc) is 2.88. The summed E-state index contributed by atoms with van der Waals surface area (Å²) >= 11 is 0. The highest BCUT2D eigenvalue weighted by Gasteiger charge is 2.46. The lowest BCUT2D eigenvalue weighted by atomic mass is 9.92. The topological polar surface area (TPSA) is 40.5 Å². The number of nitrogens with zero attached hydrogens (tertiary/aromatic N) is 1. The highest BCUT2D eigenvalue weighted by molar-refractivity contribution is 5.79. The maximum absolute atomic E-state index is 11.5. The minimum absolute atomic E-state index is 0.539. The van der Waals surface area contributed by atoms with Crippen molar-refractivity contribution >= 4 is 5.97 Å². The van der Waals surface area contributed by atoms with E-state index in [1.165, 1.54) is 25.7 Å². The van der Waals surface area contributed by atoms with Crippen molar-refractivity contribution in [3.05, 3.63) is 0 Å². The van der Waals surface area contributed by atoms with Crippen LogP contribution in [0.4, 0.5) is 0 Å². The molecule has 1 saturated carbocycles. The first-order valence-corrected chi connectivity index (χ1v) is 6.67. The zero-order valence-corrected chi connectivity index (χ0v) is 10.2. The summed E-state index contributed by atoms with van der Waals surface area (Å²) in [5.41, 5.74) is -0.539. The molecule has 2 aliphatic rings. The number of carbonyl (C=O) groups is 1. The lowest BCUT2D eigenvalue weighted by molar-refractivity contribution is -0.150. The molecular formula is C13H23NO2. The van der Waals surface area contributed by atoms with Gasteiger partial charge in [0.2, 0.25) is 0 Å². The Morgan fingerprint density at radius 1 is 1.38 bits per heavy atom. The number of aliphatic carboxylic acids is 1. The molecule has 1 unspecified atom stereocenters. The molecule has 3 nitrogen and oxygen atoms in total. The number of carboxylic acid groups (broad SMARTS) is 1. The zero-order chi connectivity index (χ0) is 11.6. The molecule has 1 aliphatic heterocycles. The number of rotatable bonds is 4. The highest BCUT2D eigenvalue weighted by atomic mass is 16.4. The van der Waals surface area contributed by atoms with Crippen LogP contribution in [-0.4, -0.2) is 34.6 Å². The van der Waals surface area contributed by atoms with Gasteiger partial charge in [-0.1, -0.05) is 19.8 Å². The Kier molecular flexibility index (Phi) is 3.53. The Balaban J connectivity index is 2.03. The molecule has 3 heteroatoms. The summed E-state index contributed by atoms with van der Waals surface area (Å²) in [5.74, 6) is 0.147. The summed E-state index contributed by atoms with van der Waals surface area (Å²) in [6, 6.07) is 0. The molecule has 1 heterocycles. The maximum Gasteiger partial charge on any atom is 0.324 e. The van der Waals surface area contributed by atoms with Gasteiger partial charge in [-0.3, -0.25) is 9.69 Å². The molecule has 1 atom stereocenters. The van der Waals surface area contributed by atoms with Crippen LogP contribution in [-0.2, 0) is 4.79 Å². The van der Waals surface area contributed by atoms with Crippen LogP contribution in [0, 0.1) is 5.92 Å². The van der Waals surface area contributed by atoms with E-state index in [2.05, 4.69) is 4.90 Å². The van der Waals surface area contributed by atoms with E-state index in [0.717, 1.165) is 38.3 Å². The van der Waals surface area contributed by atoms with Crippen molar-refractivity contribution in [2.24, 2.45) is 5.92 Å². The highest BCUT2D eigenvalue weighted by Crippen LogP contribution is 2.36. The fraction of sp³-hybridized carbons (Fsp3) is 0.923. The summed E-state index contributed by atoms with van der Waals surface area (Å²) in [7, 11) is 0. The van der Waals surface area contributed by atoms with Gasteiger partial charge < -0.3 is 5.11 Å². The molecule has 2 fully saturated rings. The molecular weight excluding hydrogens is 202 g/mol. The molecule has 0 aromatic rings. The Morgan fingerprint density at radius 3 is 2.62 bits per heavy atom. The van der Waals surface area contributed by atoms with E-state index in [0.29, 0.717) is 0 Å². The van der Waals surface area contributed by atoms with Gasteiger partial charge in [0.1, 0.15) is 5.54 Å². The monoisotopic (exact) mass is 225 g/mol. The minimum Gasteiger partial charge on any atom is -0.480 e. The second kappa shape index (κ2) is 4.74. The third-order valence-corrected chi connectivity index (χ3v) is 4.56. The first kappa shape index (κ1) is 11.9. The summed E-state index contributed by atoms with van der Waals surface area (Å²) < 4.78 is 0. The van der Waals surface area contributed by atoms with Gasteiger partial charge in [0, 0.05) is 6.54 Å². The van der Waals surface area contributed by atoms with E-state index < -0.39 is 11.5 Å². The van der Waals surface area contributed by atoms with E-state index >= 15 is 0 Å². The van der Waals surface area contributed by atoms with Crippen molar-refractivity contribution in [3.63, 3.8) is 0 Å². The van der Waals surface area contributed by atoms with Crippen molar-refractivity contribution < 1.29 is 9.90 Å². The maximum atomic E-state index is 11.5. The van der Waals surface area contributed by atoms with Crippen LogP contribution < -0.4 is 0 Å². The minimum atomic E-state index is -0.606. The van der Waals surface area contributed by atoms with Gasteiger partial charge in [0.25, 0.3) is 0 Å². The fourth-order valence-electron chi connectivity index (χ4n) is 3.50. The van der Waals surface area contributed by atoms with Crippen molar-refractivity contribution in [2.45, 2.75) is 57.4 Å². The molecule has 16 heavy (non-hydrogen) atoms. The van der Waals surface area contributed by atoms with E-state index in [1.807, 2.05) is 6.92 Å². The third-order valence-electron chi connectivity index (χ3n) is 4.56. The molecule has 0 bridgehead atoms. The zero-order valence-electron chi connectivity index (χ0n) is 10.2. The molecule has 1 saturated heterocycles. The summed E-state index contributed by atoms with van der Waals surface area (Å²) in [4.78, 5) is 13.8. The molecule has 1 aliphatic carbocycles. The standard InChI is InChI=1S/C13H23NO2/c1-2-13(12(15)16)8-5-9-14(13)10-11-6-3-4-7-11/h11H,2-10H2,1H3,(H,15,16). The molecule has 92 valence electrons. The van der Waals surface area contributed by atoms with Crippen molar-refractivity contribution in [1.29, 1.82) is 0 Å². The molecule has 0 aromatic heterocycles. The van der Waals surface area contributed by atoms with Gasteiger partial charge >= 0.3 is 5.97 Å². The summed E-state index contributed by atoms with van der Waals surface area (Å²) in [5, 5.41) is 9.47. The Bertz CT molecular complexity index is 261. The Labute approximate surface area is 97.8 Å². The Morgan fingerprint density at radius 2 is 2.06 bits per heavy atom. The smallest absolute Gasteiger partial charge is 0.324 e. The van der Waals surface area contributed by atoms with Crippen molar-refractivity contribution in [1.82, 2.24) is 4.90 Å². The largest absolute Gasteiger partial charge is 0.480 e. The molecule has 0 aromatic carbocycles. The van der Waals surface area contributed by atoms with Gasteiger partial charge in [0.15, 0.2) is 0 Å². The van der Waals surface area contributed by atoms with Crippen LogP contribution in [0.1, 0.15) is 51.9 Å². The third kappa shape index (κ3) is 1.97. The summed E-state index contributed by atoms with van der Waals surface area (Å²) in [6.45, 7) is 4.01. The number of hydrogen-bond donors (Lipinski definition) is 1. The van der Waals surface area contributed by atoms with Gasteiger partial charge in [0.05, 0.1) is 0 Å². The van der Waals surface area contributed by atoms with Crippen LogP contribution in [0.5, 0.6) is 0 Å². The number of carboxylic acids is 1. The van der Waals surface area contributed by atoms with Crippen LogP contribution in [0.3, 0.4) is 0 Å². The lowest BCUT2D eigenvalue weighted by Crippen LogP contribution is -2.51. The van der Waals surface area contributed by atoms with Gasteiger partial charge in [-0.15, -0.1) is 0 Å². The van der Waals surface area contributed by atoms with E-state index in [1.54, 1.807) is 0 Å². The normalized spacial score (nSPS) is 32.3. The molecule has 0 amide bonds. The first-order chi connectivity index (χ1) is 7.69. The SMILES string of the molecule is CCC1(C(=O)O)CCCN1CC1CCCC1. The predicted octanol–water partition coefficient (Wildman–Crippen LogP) is 2.51.